The second kappa shape index (κ2) is 4.31. The SMILES string of the molecule is CC(C)(O)C(O)C(=O)[O-].[Na+]. The number of carbonyl (C=O) groups excluding carboxylic acids is 1. The minimum Gasteiger partial charge on any atom is -0.547 e. The Labute approximate surface area is 81.2 Å². The number of hydrogen-bond donors (Lipinski definition) is 2. The van der Waals surface area contributed by atoms with Gasteiger partial charge >= 0.3 is 29.6 Å². The Morgan fingerprint density at radius 1 is 1.60 bits per heavy atom. The van der Waals surface area contributed by atoms with Crippen LogP contribution in [0.15, 0.2) is 0 Å². The molecule has 5 heteroatoms. The van der Waals surface area contributed by atoms with Crippen molar-refractivity contribution in [1.29, 1.82) is 0 Å². The zero-order chi connectivity index (χ0) is 7.65. The summed E-state index contributed by atoms with van der Waals surface area (Å²) in [4.78, 5) is 9.82. The van der Waals surface area contributed by atoms with Crippen molar-refractivity contribution in [2.75, 3.05) is 0 Å². The van der Waals surface area contributed by atoms with Crippen molar-refractivity contribution in [2.45, 2.75) is 25.6 Å². The fourth-order valence-electron chi connectivity index (χ4n) is 0.288. The number of carboxylic acid groups (broad SMARTS) is 1. The number of carbonyl (C=O) groups is 1. The summed E-state index contributed by atoms with van der Waals surface area (Å²) in [5.41, 5.74) is -1.63. The van der Waals surface area contributed by atoms with E-state index >= 15 is 0 Å². The predicted octanol–water partition coefficient (Wildman–Crippen LogP) is -5.13. The molecule has 0 spiro atoms. The van der Waals surface area contributed by atoms with Gasteiger partial charge in [-0.2, -0.15) is 0 Å². The zero-order valence-electron chi connectivity index (χ0n) is 6.29. The predicted molar refractivity (Wildman–Crippen MR) is 27.3 cm³/mol. The Kier molecular flexibility index (Phi) is 5.60. The van der Waals surface area contributed by atoms with Crippen LogP contribution in [0, 0.1) is 0 Å². The molecule has 0 aliphatic rings. The quantitative estimate of drug-likeness (QED) is 0.392. The molecule has 4 nitrogen and oxygen atoms in total. The van der Waals surface area contributed by atoms with Crippen LogP contribution in [0.3, 0.4) is 0 Å². The van der Waals surface area contributed by atoms with Crippen molar-refractivity contribution in [1.82, 2.24) is 0 Å². The van der Waals surface area contributed by atoms with Crippen molar-refractivity contribution >= 4 is 5.97 Å². The van der Waals surface area contributed by atoms with Crippen LogP contribution in [0.1, 0.15) is 13.8 Å². The molecule has 54 valence electrons. The van der Waals surface area contributed by atoms with Gasteiger partial charge in [0.2, 0.25) is 0 Å². The third kappa shape index (κ3) is 4.24. The van der Waals surface area contributed by atoms with Crippen LogP contribution in [0.25, 0.3) is 0 Å². The molecule has 0 aliphatic heterocycles. The molecule has 0 radical (unpaired) electrons. The third-order valence-electron chi connectivity index (χ3n) is 0.892. The topological polar surface area (TPSA) is 80.6 Å². The van der Waals surface area contributed by atoms with Gasteiger partial charge in [-0.1, -0.05) is 0 Å². The van der Waals surface area contributed by atoms with Crippen molar-refractivity contribution in [3.05, 3.63) is 0 Å². The molecule has 1 atom stereocenters. The van der Waals surface area contributed by atoms with Gasteiger partial charge in [-0.15, -0.1) is 0 Å². The van der Waals surface area contributed by atoms with Gasteiger partial charge in [0.1, 0.15) is 6.10 Å². The maximum atomic E-state index is 9.82. The molecule has 0 bridgehead atoms. The van der Waals surface area contributed by atoms with Crippen LogP contribution in [0.2, 0.25) is 0 Å². The van der Waals surface area contributed by atoms with Crippen molar-refractivity contribution < 1.29 is 49.7 Å². The molecular weight excluding hydrogens is 147 g/mol. The third-order valence-corrected chi connectivity index (χ3v) is 0.892. The minimum absolute atomic E-state index is 0. The maximum absolute atomic E-state index is 9.82. The van der Waals surface area contributed by atoms with Gasteiger partial charge in [-0.25, -0.2) is 0 Å². The molecule has 0 aliphatic carbocycles. The minimum atomic E-state index is -1.82. The van der Waals surface area contributed by atoms with E-state index in [2.05, 4.69) is 0 Å². The molecule has 2 N–H and O–H groups in total. The number of aliphatic hydroxyl groups excluding tert-OH is 1. The molecule has 0 heterocycles. The Bertz CT molecular complexity index is 117. The number of aliphatic hydroxyl groups is 2. The normalized spacial score (nSPS) is 13.6. The van der Waals surface area contributed by atoms with E-state index in [-0.39, 0.29) is 29.6 Å². The van der Waals surface area contributed by atoms with Crippen molar-refractivity contribution in [3.8, 4) is 0 Å². The molecular formula is C5H9NaO4. The number of carboxylic acids is 1. The summed E-state index contributed by atoms with van der Waals surface area (Å²) in [6.45, 7) is 2.38. The van der Waals surface area contributed by atoms with E-state index in [1.165, 1.54) is 13.8 Å². The molecule has 0 fully saturated rings. The molecule has 1 unspecified atom stereocenters. The van der Waals surface area contributed by atoms with E-state index in [0.717, 1.165) is 0 Å². The van der Waals surface area contributed by atoms with Crippen LogP contribution in [-0.2, 0) is 4.79 Å². The van der Waals surface area contributed by atoms with Gasteiger partial charge < -0.3 is 20.1 Å². The first kappa shape index (κ1) is 13.0. The van der Waals surface area contributed by atoms with Crippen LogP contribution in [-0.4, -0.2) is 27.9 Å². The Hall–Kier alpha value is 0.390. The summed E-state index contributed by atoms with van der Waals surface area (Å²) >= 11 is 0. The second-order valence-electron chi connectivity index (χ2n) is 2.38. The fraction of sp³-hybridized carbons (Fsp3) is 0.800. The first-order valence-corrected chi connectivity index (χ1v) is 2.47. The van der Waals surface area contributed by atoms with Crippen LogP contribution < -0.4 is 34.7 Å². The molecule has 0 aromatic rings. The molecule has 0 aromatic carbocycles. The summed E-state index contributed by atoms with van der Waals surface area (Å²) in [5.74, 6) is -1.66. The summed E-state index contributed by atoms with van der Waals surface area (Å²) in [7, 11) is 0. The first-order valence-electron chi connectivity index (χ1n) is 2.47. The standard InChI is InChI=1S/C5H10O4.Na/c1-5(2,9)3(6)4(7)8;/h3,6,9H,1-2H3,(H,7,8);/q;+1/p-1. The zero-order valence-corrected chi connectivity index (χ0v) is 8.29. The summed E-state index contributed by atoms with van der Waals surface area (Å²) in [6, 6.07) is 0. The van der Waals surface area contributed by atoms with E-state index in [0.29, 0.717) is 0 Å². The van der Waals surface area contributed by atoms with Crippen LogP contribution in [0.5, 0.6) is 0 Å². The fourth-order valence-corrected chi connectivity index (χ4v) is 0.288. The van der Waals surface area contributed by atoms with Crippen molar-refractivity contribution in [2.24, 2.45) is 0 Å². The van der Waals surface area contributed by atoms with Crippen molar-refractivity contribution in [3.63, 3.8) is 0 Å². The van der Waals surface area contributed by atoms with E-state index in [4.69, 9.17) is 10.2 Å². The van der Waals surface area contributed by atoms with Crippen LogP contribution in [0.4, 0.5) is 0 Å². The van der Waals surface area contributed by atoms with Gasteiger partial charge in [-0.05, 0) is 13.8 Å². The average Bonchev–Trinajstić information content (AvgIpc) is 1.62. The largest absolute Gasteiger partial charge is 1.00 e. The Morgan fingerprint density at radius 2 is 1.90 bits per heavy atom. The van der Waals surface area contributed by atoms with Crippen LogP contribution >= 0.6 is 0 Å². The molecule has 10 heavy (non-hydrogen) atoms. The molecule has 0 amide bonds. The summed E-state index contributed by atoms with van der Waals surface area (Å²) < 4.78 is 0. The molecule has 0 saturated heterocycles. The van der Waals surface area contributed by atoms with Gasteiger partial charge in [0.15, 0.2) is 0 Å². The van der Waals surface area contributed by atoms with Gasteiger partial charge in [-0.3, -0.25) is 0 Å². The second-order valence-corrected chi connectivity index (χ2v) is 2.38. The monoisotopic (exact) mass is 156 g/mol. The first-order chi connectivity index (χ1) is 3.85. The smallest absolute Gasteiger partial charge is 0.547 e. The Balaban J connectivity index is 0. The maximum Gasteiger partial charge on any atom is 1.00 e. The van der Waals surface area contributed by atoms with E-state index in [1.54, 1.807) is 0 Å². The summed E-state index contributed by atoms with van der Waals surface area (Å²) in [5, 5.41) is 27.2. The van der Waals surface area contributed by atoms with Gasteiger partial charge in [0.05, 0.1) is 11.6 Å². The Morgan fingerprint density at radius 3 is 1.90 bits per heavy atom. The van der Waals surface area contributed by atoms with E-state index in [9.17, 15) is 9.90 Å². The number of rotatable bonds is 2. The van der Waals surface area contributed by atoms with E-state index in [1.807, 2.05) is 0 Å². The van der Waals surface area contributed by atoms with Gasteiger partial charge in [0, 0.05) is 0 Å². The number of hydrogen-bond acceptors (Lipinski definition) is 4. The average molecular weight is 156 g/mol. The molecule has 0 saturated carbocycles. The number of aliphatic carboxylic acids is 1. The summed E-state index contributed by atoms with van der Waals surface area (Å²) in [6.07, 6.45) is -1.82. The van der Waals surface area contributed by atoms with Gasteiger partial charge in [0.25, 0.3) is 0 Å². The molecule has 0 aromatic heterocycles. The van der Waals surface area contributed by atoms with E-state index < -0.39 is 17.7 Å². The molecule has 0 rings (SSSR count).